The Morgan fingerprint density at radius 3 is 2.80 bits per heavy atom. The third kappa shape index (κ3) is 4.17. The molecule has 1 amide bonds. The number of amides is 1. The number of methoxy groups -OCH3 is 1. The Bertz CT molecular complexity index is 1080. The van der Waals surface area contributed by atoms with Crippen LogP contribution in [0.5, 0.6) is 5.75 Å². The fourth-order valence-corrected chi connectivity index (χ4v) is 3.98. The van der Waals surface area contributed by atoms with Crippen LogP contribution in [-0.4, -0.2) is 36.1 Å². The smallest absolute Gasteiger partial charge is 0.269 e. The van der Waals surface area contributed by atoms with Crippen LogP contribution in [0.1, 0.15) is 10.6 Å². The van der Waals surface area contributed by atoms with Crippen molar-refractivity contribution in [1.29, 1.82) is 0 Å². The van der Waals surface area contributed by atoms with Gasteiger partial charge in [-0.1, -0.05) is 12.1 Å². The molecule has 0 bridgehead atoms. The van der Waals surface area contributed by atoms with E-state index in [1.165, 1.54) is 12.1 Å². The van der Waals surface area contributed by atoms with Crippen LogP contribution in [0.3, 0.4) is 0 Å². The summed E-state index contributed by atoms with van der Waals surface area (Å²) in [6.45, 7) is 0.868. The highest BCUT2D eigenvalue weighted by Crippen LogP contribution is 2.37. The topological polar surface area (TPSA) is 94.8 Å². The number of non-ortho nitro benzene ring substituents is 1. The molecule has 1 aromatic heterocycles. The molecule has 0 aliphatic carbocycles. The fourth-order valence-electron chi connectivity index (χ4n) is 3.19. The number of fused-ring (bicyclic) bond motifs is 1. The minimum atomic E-state index is -0.444. The Balaban J connectivity index is 1.61. The lowest BCUT2D eigenvalue weighted by Gasteiger charge is -2.29. The summed E-state index contributed by atoms with van der Waals surface area (Å²) in [6, 6.07) is 11.9. The zero-order chi connectivity index (χ0) is 21.1. The van der Waals surface area contributed by atoms with Crippen LogP contribution in [0.2, 0.25) is 0 Å². The molecule has 0 saturated heterocycles. The monoisotopic (exact) mass is 425 g/mol. The summed E-state index contributed by atoms with van der Waals surface area (Å²) in [7, 11) is 1.66. The highest BCUT2D eigenvalue weighted by molar-refractivity contribution is 7.09. The summed E-state index contributed by atoms with van der Waals surface area (Å²) >= 11 is 1.57. The average Bonchev–Trinajstić information content (AvgIpc) is 3.23. The number of nitro groups is 1. The van der Waals surface area contributed by atoms with Gasteiger partial charge >= 0.3 is 0 Å². The van der Waals surface area contributed by atoms with Gasteiger partial charge in [0, 0.05) is 36.6 Å². The molecule has 0 saturated carbocycles. The molecular weight excluding hydrogens is 406 g/mol. The number of anilines is 1. The van der Waals surface area contributed by atoms with E-state index in [4.69, 9.17) is 9.47 Å². The van der Waals surface area contributed by atoms with Crippen LogP contribution in [0, 0.1) is 10.1 Å². The Morgan fingerprint density at radius 1 is 1.27 bits per heavy atom. The van der Waals surface area contributed by atoms with Crippen LogP contribution in [-0.2, 0) is 22.5 Å². The van der Waals surface area contributed by atoms with Crippen molar-refractivity contribution in [1.82, 2.24) is 4.98 Å². The van der Waals surface area contributed by atoms with Crippen LogP contribution in [0.25, 0.3) is 11.3 Å². The van der Waals surface area contributed by atoms with Crippen molar-refractivity contribution < 1.29 is 19.2 Å². The number of rotatable bonds is 7. The predicted octanol–water partition coefficient (Wildman–Crippen LogP) is 3.83. The quantitative estimate of drug-likeness (QED) is 0.422. The molecule has 0 unspecified atom stereocenters. The molecule has 0 spiro atoms. The van der Waals surface area contributed by atoms with E-state index in [9.17, 15) is 14.9 Å². The number of nitrogens with zero attached hydrogens (tertiary/aromatic N) is 3. The number of ether oxygens (including phenoxy) is 2. The molecule has 3 aromatic rings. The van der Waals surface area contributed by atoms with Gasteiger partial charge in [0.25, 0.3) is 11.6 Å². The number of hydrogen-bond donors (Lipinski definition) is 0. The first-order valence-electron chi connectivity index (χ1n) is 9.29. The van der Waals surface area contributed by atoms with Crippen LogP contribution in [0.15, 0.2) is 47.8 Å². The lowest BCUT2D eigenvalue weighted by molar-refractivity contribution is -0.384. The van der Waals surface area contributed by atoms with Gasteiger partial charge in [0.2, 0.25) is 0 Å². The van der Waals surface area contributed by atoms with Crippen LogP contribution in [0.4, 0.5) is 11.4 Å². The number of benzene rings is 2. The minimum absolute atomic E-state index is 0.0162. The van der Waals surface area contributed by atoms with Crippen molar-refractivity contribution >= 4 is 28.6 Å². The van der Waals surface area contributed by atoms with Gasteiger partial charge in [0.15, 0.2) is 6.61 Å². The van der Waals surface area contributed by atoms with Gasteiger partial charge in [-0.05, 0) is 23.8 Å². The lowest BCUT2D eigenvalue weighted by Crippen LogP contribution is -2.38. The fraction of sp³-hybridized carbons (Fsp3) is 0.238. The molecule has 8 nitrogen and oxygen atoms in total. The normalized spacial score (nSPS) is 13.1. The van der Waals surface area contributed by atoms with Gasteiger partial charge in [-0.25, -0.2) is 4.98 Å². The third-order valence-electron chi connectivity index (χ3n) is 4.76. The number of hydrogen-bond acceptors (Lipinski definition) is 7. The van der Waals surface area contributed by atoms with E-state index >= 15 is 0 Å². The van der Waals surface area contributed by atoms with Gasteiger partial charge in [0.05, 0.1) is 34.5 Å². The molecule has 4 rings (SSSR count). The highest BCUT2D eigenvalue weighted by atomic mass is 32.1. The number of carbonyl (C=O) groups is 1. The van der Waals surface area contributed by atoms with E-state index in [1.807, 2.05) is 23.6 Å². The van der Waals surface area contributed by atoms with E-state index in [1.54, 1.807) is 35.5 Å². The first kappa shape index (κ1) is 20.0. The SMILES string of the molecule is COCCc1nc(-c2ccc3c(c2)N(Cc2ccc([N+](=O)[O-])cc2)C(=O)CO3)cs1. The third-order valence-corrected chi connectivity index (χ3v) is 5.67. The summed E-state index contributed by atoms with van der Waals surface area (Å²) < 4.78 is 10.7. The molecule has 154 valence electrons. The maximum atomic E-state index is 12.6. The summed E-state index contributed by atoms with van der Waals surface area (Å²) in [6.07, 6.45) is 0.750. The maximum absolute atomic E-state index is 12.6. The Hall–Kier alpha value is -3.30. The molecular formula is C21H19N3O5S. The summed E-state index contributed by atoms with van der Waals surface area (Å²) in [5.74, 6) is 0.451. The lowest BCUT2D eigenvalue weighted by atomic mass is 10.1. The first-order chi connectivity index (χ1) is 14.5. The highest BCUT2D eigenvalue weighted by Gasteiger charge is 2.26. The molecule has 0 radical (unpaired) electrons. The zero-order valence-corrected chi connectivity index (χ0v) is 17.1. The van der Waals surface area contributed by atoms with E-state index in [0.29, 0.717) is 24.6 Å². The number of aromatic nitrogens is 1. The van der Waals surface area contributed by atoms with Crippen molar-refractivity contribution in [2.24, 2.45) is 0 Å². The second-order valence-electron chi connectivity index (χ2n) is 6.74. The average molecular weight is 425 g/mol. The molecule has 1 aliphatic rings. The molecule has 0 atom stereocenters. The molecule has 2 aromatic carbocycles. The number of carbonyl (C=O) groups excluding carboxylic acids is 1. The first-order valence-corrected chi connectivity index (χ1v) is 10.2. The Labute approximate surface area is 176 Å². The van der Waals surface area contributed by atoms with Crippen molar-refractivity contribution in [2.75, 3.05) is 25.2 Å². The molecule has 1 aliphatic heterocycles. The summed E-state index contributed by atoms with van der Waals surface area (Å²) in [5, 5.41) is 13.8. The standard InChI is InChI=1S/C21H19N3O5S/c1-28-9-8-20-22-17(13-30-20)15-4-7-19-18(10-15)23(21(25)12-29-19)11-14-2-5-16(6-3-14)24(26)27/h2-7,10,13H,8-9,11-12H2,1H3. The van der Waals surface area contributed by atoms with Gasteiger partial charge in [-0.15, -0.1) is 11.3 Å². The van der Waals surface area contributed by atoms with Gasteiger partial charge < -0.3 is 14.4 Å². The zero-order valence-electron chi connectivity index (χ0n) is 16.2. The number of nitro benzene ring substituents is 1. The Morgan fingerprint density at radius 2 is 2.07 bits per heavy atom. The largest absolute Gasteiger partial charge is 0.482 e. The molecule has 30 heavy (non-hydrogen) atoms. The van der Waals surface area contributed by atoms with E-state index in [-0.39, 0.29) is 18.2 Å². The van der Waals surface area contributed by atoms with Crippen molar-refractivity contribution in [3.63, 3.8) is 0 Å². The Kier molecular flexibility index (Phi) is 5.73. The van der Waals surface area contributed by atoms with Crippen LogP contribution >= 0.6 is 11.3 Å². The molecule has 2 heterocycles. The molecule has 0 fully saturated rings. The molecule has 9 heteroatoms. The van der Waals surface area contributed by atoms with Gasteiger partial charge in [-0.3, -0.25) is 14.9 Å². The predicted molar refractivity (Wildman–Crippen MR) is 113 cm³/mol. The van der Waals surface area contributed by atoms with Gasteiger partial charge in [0.1, 0.15) is 5.75 Å². The van der Waals surface area contributed by atoms with E-state index in [0.717, 1.165) is 28.2 Å². The second-order valence-corrected chi connectivity index (χ2v) is 7.69. The maximum Gasteiger partial charge on any atom is 0.269 e. The number of thiazole rings is 1. The van der Waals surface area contributed by atoms with E-state index < -0.39 is 4.92 Å². The van der Waals surface area contributed by atoms with E-state index in [2.05, 4.69) is 4.98 Å². The minimum Gasteiger partial charge on any atom is -0.482 e. The summed E-state index contributed by atoms with van der Waals surface area (Å²) in [5.41, 5.74) is 3.20. The second kappa shape index (κ2) is 8.60. The van der Waals surface area contributed by atoms with Crippen molar-refractivity contribution in [3.05, 3.63) is 68.5 Å². The summed E-state index contributed by atoms with van der Waals surface area (Å²) in [4.78, 5) is 29.3. The van der Waals surface area contributed by atoms with Gasteiger partial charge in [-0.2, -0.15) is 0 Å². The molecule has 0 N–H and O–H groups in total. The van der Waals surface area contributed by atoms with Crippen molar-refractivity contribution in [3.8, 4) is 17.0 Å². The van der Waals surface area contributed by atoms with Crippen molar-refractivity contribution in [2.45, 2.75) is 13.0 Å². The van der Waals surface area contributed by atoms with Crippen LogP contribution < -0.4 is 9.64 Å².